The van der Waals surface area contributed by atoms with Crippen molar-refractivity contribution in [2.45, 2.75) is 35.7 Å². The van der Waals surface area contributed by atoms with Crippen LogP contribution in [0.3, 0.4) is 0 Å². The first-order chi connectivity index (χ1) is 17.1. The van der Waals surface area contributed by atoms with Crippen molar-refractivity contribution in [2.75, 3.05) is 21.3 Å². The van der Waals surface area contributed by atoms with E-state index in [1.165, 1.54) is 33.5 Å². The largest absolute Gasteiger partial charge is 0.496 e. The Kier molecular flexibility index (Phi) is 7.02. The number of aliphatic hydroxyl groups excluding tert-OH is 1. The number of sulfone groups is 1. The van der Waals surface area contributed by atoms with Crippen LogP contribution in [0.4, 0.5) is 0 Å². The van der Waals surface area contributed by atoms with Gasteiger partial charge in [-0.3, -0.25) is 0 Å². The molecule has 0 fully saturated rings. The number of hydrogen-bond acceptors (Lipinski definition) is 7. The van der Waals surface area contributed by atoms with Crippen LogP contribution in [0.1, 0.15) is 41.9 Å². The summed E-state index contributed by atoms with van der Waals surface area (Å²) < 4.78 is 50.4. The summed E-state index contributed by atoms with van der Waals surface area (Å²) in [7, 11) is 0.391. The molecule has 0 saturated heterocycles. The van der Waals surface area contributed by atoms with Crippen LogP contribution in [0.15, 0.2) is 71.6 Å². The van der Waals surface area contributed by atoms with E-state index in [1.807, 2.05) is 26.0 Å². The lowest BCUT2D eigenvalue weighted by Crippen LogP contribution is -2.28. The summed E-state index contributed by atoms with van der Waals surface area (Å²) in [6.45, 7) is 3.86. The smallest absolute Gasteiger partial charge is 0.188 e. The second-order valence-electron chi connectivity index (χ2n) is 8.98. The third-order valence-electron chi connectivity index (χ3n) is 6.16. The zero-order chi connectivity index (χ0) is 26.1. The van der Waals surface area contributed by atoms with Crippen molar-refractivity contribution in [3.63, 3.8) is 0 Å². The van der Waals surface area contributed by atoms with Gasteiger partial charge in [0.2, 0.25) is 0 Å². The van der Waals surface area contributed by atoms with Gasteiger partial charge in [0, 0.05) is 5.56 Å². The maximum Gasteiger partial charge on any atom is 0.188 e. The van der Waals surface area contributed by atoms with E-state index in [4.69, 9.17) is 18.9 Å². The number of ether oxygens (including phenoxy) is 4. The molecule has 2 unspecified atom stereocenters. The summed E-state index contributed by atoms with van der Waals surface area (Å²) in [6, 6.07) is 16.2. The van der Waals surface area contributed by atoms with E-state index in [0.717, 1.165) is 0 Å². The summed E-state index contributed by atoms with van der Waals surface area (Å²) >= 11 is 0. The Morgan fingerprint density at radius 1 is 0.889 bits per heavy atom. The van der Waals surface area contributed by atoms with Crippen molar-refractivity contribution in [2.24, 2.45) is 0 Å². The lowest BCUT2D eigenvalue weighted by atomic mass is 9.94. The Hall–Kier alpha value is -3.49. The van der Waals surface area contributed by atoms with Crippen molar-refractivity contribution < 1.29 is 32.5 Å². The fraction of sp³-hybridized carbons (Fsp3) is 0.286. The van der Waals surface area contributed by atoms with Crippen LogP contribution in [0.5, 0.6) is 23.0 Å². The van der Waals surface area contributed by atoms with E-state index < -0.39 is 26.8 Å². The van der Waals surface area contributed by atoms with Crippen molar-refractivity contribution in [3.05, 3.63) is 83.4 Å². The molecule has 0 aliphatic carbocycles. The summed E-state index contributed by atoms with van der Waals surface area (Å²) in [6.07, 6.45) is 2.28. The van der Waals surface area contributed by atoms with Gasteiger partial charge in [-0.05, 0) is 68.0 Å². The van der Waals surface area contributed by atoms with Crippen LogP contribution in [0, 0.1) is 0 Å². The van der Waals surface area contributed by atoms with Crippen molar-refractivity contribution >= 4 is 15.9 Å². The van der Waals surface area contributed by atoms with Gasteiger partial charge in [-0.15, -0.1) is 0 Å². The second-order valence-corrected chi connectivity index (χ2v) is 11.0. The third kappa shape index (κ3) is 4.66. The fourth-order valence-electron chi connectivity index (χ4n) is 4.39. The molecule has 0 amide bonds. The van der Waals surface area contributed by atoms with Gasteiger partial charge in [0.25, 0.3) is 0 Å². The van der Waals surface area contributed by atoms with E-state index in [9.17, 15) is 13.5 Å². The predicted octanol–water partition coefficient (Wildman–Crippen LogP) is 5.15. The van der Waals surface area contributed by atoms with Crippen molar-refractivity contribution in [3.8, 4) is 23.0 Å². The van der Waals surface area contributed by atoms with Crippen molar-refractivity contribution in [1.82, 2.24) is 0 Å². The standard InChI is InChI=1S/C28H30O7S/c1-28(2)16-15-20-22(35-28)14-12-21(26(20)34-5)25(29)27(36(30,31)19-9-7-6-8-10-19)18-11-13-23(32-3)24(17-18)33-4/h6-17,25,27,29H,1-5H3. The third-order valence-corrected chi connectivity index (χ3v) is 8.29. The molecule has 0 radical (unpaired) electrons. The van der Waals surface area contributed by atoms with Gasteiger partial charge in [0.05, 0.1) is 31.8 Å². The minimum absolute atomic E-state index is 0.0886. The highest BCUT2D eigenvalue weighted by molar-refractivity contribution is 7.91. The number of benzene rings is 3. The zero-order valence-corrected chi connectivity index (χ0v) is 21.7. The Balaban J connectivity index is 1.91. The van der Waals surface area contributed by atoms with Gasteiger partial charge < -0.3 is 24.1 Å². The van der Waals surface area contributed by atoms with E-state index in [1.54, 1.807) is 48.5 Å². The molecule has 4 rings (SSSR count). The minimum Gasteiger partial charge on any atom is -0.496 e. The quantitative estimate of drug-likeness (QED) is 0.448. The lowest BCUT2D eigenvalue weighted by Gasteiger charge is -2.31. The van der Waals surface area contributed by atoms with E-state index in [-0.39, 0.29) is 4.90 Å². The molecule has 0 bridgehead atoms. The molecule has 36 heavy (non-hydrogen) atoms. The summed E-state index contributed by atoms with van der Waals surface area (Å²) in [5, 5.41) is 10.4. The maximum atomic E-state index is 14.0. The number of methoxy groups -OCH3 is 3. The molecule has 2 atom stereocenters. The van der Waals surface area contributed by atoms with Crippen LogP contribution >= 0.6 is 0 Å². The minimum atomic E-state index is -4.06. The molecule has 0 saturated carbocycles. The summed E-state index contributed by atoms with van der Waals surface area (Å²) in [5.74, 6) is 1.73. The molecule has 1 heterocycles. The second kappa shape index (κ2) is 9.87. The van der Waals surface area contributed by atoms with Gasteiger partial charge in [-0.1, -0.05) is 24.3 Å². The molecular formula is C28H30O7S. The topological polar surface area (TPSA) is 91.3 Å². The molecule has 1 aliphatic rings. The molecule has 0 aromatic heterocycles. The molecule has 7 nitrogen and oxygen atoms in total. The molecular weight excluding hydrogens is 480 g/mol. The van der Waals surface area contributed by atoms with E-state index >= 15 is 0 Å². The molecule has 8 heteroatoms. The Morgan fingerprint density at radius 3 is 2.22 bits per heavy atom. The first-order valence-corrected chi connectivity index (χ1v) is 13.0. The highest BCUT2D eigenvalue weighted by Crippen LogP contribution is 2.47. The Labute approximate surface area is 211 Å². The SMILES string of the molecule is COc1ccc(C(C(O)c2ccc3c(c2OC)C=CC(C)(C)O3)S(=O)(=O)c2ccccc2)cc1OC. The fourth-order valence-corrected chi connectivity index (χ4v) is 6.21. The van der Waals surface area contributed by atoms with Crippen LogP contribution in [-0.4, -0.2) is 40.5 Å². The van der Waals surface area contributed by atoms with Crippen LogP contribution in [0.2, 0.25) is 0 Å². The average molecular weight is 511 g/mol. The molecule has 1 aliphatic heterocycles. The predicted molar refractivity (Wildman–Crippen MR) is 138 cm³/mol. The number of rotatable bonds is 8. The van der Waals surface area contributed by atoms with Crippen LogP contribution in [0.25, 0.3) is 6.08 Å². The lowest BCUT2D eigenvalue weighted by molar-refractivity contribution is 0.155. The Morgan fingerprint density at radius 2 is 1.58 bits per heavy atom. The zero-order valence-electron chi connectivity index (χ0n) is 20.9. The first-order valence-electron chi connectivity index (χ1n) is 11.4. The van der Waals surface area contributed by atoms with E-state index in [0.29, 0.717) is 39.7 Å². The Bertz CT molecular complexity index is 1380. The van der Waals surface area contributed by atoms with Crippen molar-refractivity contribution in [1.29, 1.82) is 0 Å². The van der Waals surface area contributed by atoms with Gasteiger partial charge in [0.15, 0.2) is 21.3 Å². The first kappa shape index (κ1) is 25.6. The van der Waals surface area contributed by atoms with Gasteiger partial charge in [-0.25, -0.2) is 8.42 Å². The monoisotopic (exact) mass is 510 g/mol. The summed E-state index contributed by atoms with van der Waals surface area (Å²) in [5.41, 5.74) is 0.800. The molecule has 190 valence electrons. The average Bonchev–Trinajstić information content (AvgIpc) is 2.87. The van der Waals surface area contributed by atoms with E-state index in [2.05, 4.69) is 0 Å². The molecule has 0 spiro atoms. The van der Waals surface area contributed by atoms with Gasteiger partial charge in [0.1, 0.15) is 28.5 Å². The van der Waals surface area contributed by atoms with Crippen LogP contribution < -0.4 is 18.9 Å². The highest BCUT2D eigenvalue weighted by atomic mass is 32.2. The van der Waals surface area contributed by atoms with Crippen LogP contribution in [-0.2, 0) is 9.84 Å². The summed E-state index contributed by atoms with van der Waals surface area (Å²) in [4.78, 5) is 0.0886. The normalized spacial score (nSPS) is 15.8. The maximum absolute atomic E-state index is 14.0. The van der Waals surface area contributed by atoms with Gasteiger partial charge >= 0.3 is 0 Å². The van der Waals surface area contributed by atoms with Gasteiger partial charge in [-0.2, -0.15) is 0 Å². The number of hydrogen-bond donors (Lipinski definition) is 1. The number of fused-ring (bicyclic) bond motifs is 1. The molecule has 3 aromatic rings. The number of aliphatic hydroxyl groups is 1. The molecule has 3 aromatic carbocycles. The molecule has 1 N–H and O–H groups in total. The highest BCUT2D eigenvalue weighted by Gasteiger charge is 2.39.